The molecule has 1 aromatic heterocycles. The average Bonchev–Trinajstić information content (AvgIpc) is 2.62. The SMILES string of the molecule is Cc1cnc(NC(=O)NC(CO)CC(C)C)s1. The molecule has 3 N–H and O–H groups in total. The van der Waals surface area contributed by atoms with Gasteiger partial charge >= 0.3 is 6.03 Å². The number of thiazole rings is 1. The molecule has 1 aromatic rings. The number of anilines is 1. The minimum Gasteiger partial charge on any atom is -0.394 e. The minimum atomic E-state index is -0.320. The summed E-state index contributed by atoms with van der Waals surface area (Å²) in [6, 6.07) is -0.532. The van der Waals surface area contributed by atoms with Crippen LogP contribution in [0, 0.1) is 12.8 Å². The standard InChI is InChI=1S/C11H19N3O2S/c1-7(2)4-9(6-15)13-10(16)14-11-12-5-8(3)17-11/h5,7,9,15H,4,6H2,1-3H3,(H2,12,13,14,16). The lowest BCUT2D eigenvalue weighted by molar-refractivity contribution is 0.214. The van der Waals surface area contributed by atoms with Crippen molar-refractivity contribution in [1.82, 2.24) is 10.3 Å². The largest absolute Gasteiger partial charge is 0.394 e. The lowest BCUT2D eigenvalue weighted by atomic mass is 10.0. The molecule has 1 atom stereocenters. The van der Waals surface area contributed by atoms with Crippen molar-refractivity contribution < 1.29 is 9.90 Å². The van der Waals surface area contributed by atoms with E-state index in [0.29, 0.717) is 11.0 Å². The van der Waals surface area contributed by atoms with Gasteiger partial charge in [-0.2, -0.15) is 0 Å². The first-order chi connectivity index (χ1) is 8.01. The molecule has 1 unspecified atom stereocenters. The number of aliphatic hydroxyl groups is 1. The molecular weight excluding hydrogens is 238 g/mol. The Kier molecular flexibility index (Phi) is 5.37. The van der Waals surface area contributed by atoms with E-state index in [1.807, 2.05) is 20.8 Å². The highest BCUT2D eigenvalue weighted by Gasteiger charge is 2.13. The summed E-state index contributed by atoms with van der Waals surface area (Å²) < 4.78 is 0. The summed E-state index contributed by atoms with van der Waals surface area (Å²) in [5.41, 5.74) is 0. The summed E-state index contributed by atoms with van der Waals surface area (Å²) in [5.74, 6) is 0.426. The quantitative estimate of drug-likeness (QED) is 0.755. The number of hydrogen-bond acceptors (Lipinski definition) is 4. The molecule has 0 aliphatic heterocycles. The Morgan fingerprint density at radius 3 is 2.76 bits per heavy atom. The van der Waals surface area contributed by atoms with Gasteiger partial charge in [0.05, 0.1) is 12.6 Å². The molecule has 0 saturated heterocycles. The molecule has 0 spiro atoms. The first kappa shape index (κ1) is 13.9. The van der Waals surface area contributed by atoms with E-state index in [9.17, 15) is 4.79 Å². The highest BCUT2D eigenvalue weighted by molar-refractivity contribution is 7.15. The molecule has 0 aliphatic rings. The van der Waals surface area contributed by atoms with Crippen LogP contribution in [0.1, 0.15) is 25.1 Å². The fourth-order valence-corrected chi connectivity index (χ4v) is 2.14. The zero-order valence-electron chi connectivity index (χ0n) is 10.4. The van der Waals surface area contributed by atoms with Gasteiger partial charge in [0.2, 0.25) is 0 Å². The number of urea groups is 1. The van der Waals surface area contributed by atoms with Crippen LogP contribution in [0.5, 0.6) is 0 Å². The Labute approximate surface area is 105 Å². The van der Waals surface area contributed by atoms with E-state index in [4.69, 9.17) is 5.11 Å². The van der Waals surface area contributed by atoms with Crippen LogP contribution in [0.2, 0.25) is 0 Å². The second-order valence-electron chi connectivity index (χ2n) is 4.38. The van der Waals surface area contributed by atoms with E-state index in [-0.39, 0.29) is 18.7 Å². The Balaban J connectivity index is 2.42. The molecule has 0 fully saturated rings. The number of aliphatic hydroxyl groups excluding tert-OH is 1. The van der Waals surface area contributed by atoms with Gasteiger partial charge in [-0.1, -0.05) is 13.8 Å². The third kappa shape index (κ3) is 5.14. The molecule has 0 saturated carbocycles. The number of aromatic nitrogens is 1. The molecule has 1 heterocycles. The van der Waals surface area contributed by atoms with Gasteiger partial charge in [0, 0.05) is 11.1 Å². The zero-order chi connectivity index (χ0) is 12.8. The van der Waals surface area contributed by atoms with Gasteiger partial charge in [-0.25, -0.2) is 9.78 Å². The molecule has 1 rings (SSSR count). The van der Waals surface area contributed by atoms with Gasteiger partial charge in [-0.3, -0.25) is 5.32 Å². The second-order valence-corrected chi connectivity index (χ2v) is 5.62. The van der Waals surface area contributed by atoms with Crippen molar-refractivity contribution in [1.29, 1.82) is 0 Å². The predicted molar refractivity (Wildman–Crippen MR) is 69.3 cm³/mol. The molecule has 0 aromatic carbocycles. The monoisotopic (exact) mass is 257 g/mol. The Bertz CT molecular complexity index is 365. The maximum atomic E-state index is 11.6. The number of amides is 2. The third-order valence-electron chi connectivity index (χ3n) is 2.15. The van der Waals surface area contributed by atoms with Crippen LogP contribution in [-0.4, -0.2) is 28.8 Å². The van der Waals surface area contributed by atoms with Crippen LogP contribution in [0.25, 0.3) is 0 Å². The summed E-state index contributed by atoms with van der Waals surface area (Å²) in [5, 5.41) is 15.1. The van der Waals surface area contributed by atoms with Crippen molar-refractivity contribution in [3.05, 3.63) is 11.1 Å². The summed E-state index contributed by atoms with van der Waals surface area (Å²) in [7, 11) is 0. The van der Waals surface area contributed by atoms with E-state index in [0.717, 1.165) is 11.3 Å². The van der Waals surface area contributed by atoms with Crippen molar-refractivity contribution >= 4 is 22.5 Å². The summed E-state index contributed by atoms with van der Waals surface area (Å²) in [4.78, 5) is 16.7. The topological polar surface area (TPSA) is 74.2 Å². The molecule has 2 amide bonds. The van der Waals surface area contributed by atoms with Crippen molar-refractivity contribution in [2.75, 3.05) is 11.9 Å². The number of nitrogens with one attached hydrogen (secondary N) is 2. The Hall–Kier alpha value is -1.14. The molecule has 5 nitrogen and oxygen atoms in total. The molecule has 17 heavy (non-hydrogen) atoms. The first-order valence-corrected chi connectivity index (χ1v) is 6.43. The highest BCUT2D eigenvalue weighted by atomic mass is 32.1. The molecule has 0 radical (unpaired) electrons. The van der Waals surface area contributed by atoms with Crippen LogP contribution in [-0.2, 0) is 0 Å². The van der Waals surface area contributed by atoms with E-state index >= 15 is 0 Å². The van der Waals surface area contributed by atoms with E-state index in [1.54, 1.807) is 6.20 Å². The molecular formula is C11H19N3O2S. The van der Waals surface area contributed by atoms with Gasteiger partial charge in [0.1, 0.15) is 0 Å². The number of hydrogen-bond donors (Lipinski definition) is 3. The van der Waals surface area contributed by atoms with Gasteiger partial charge in [0.25, 0.3) is 0 Å². The maximum absolute atomic E-state index is 11.6. The highest BCUT2D eigenvalue weighted by Crippen LogP contribution is 2.16. The first-order valence-electron chi connectivity index (χ1n) is 5.62. The van der Waals surface area contributed by atoms with Gasteiger partial charge in [0.15, 0.2) is 5.13 Å². The van der Waals surface area contributed by atoms with Crippen LogP contribution in [0.15, 0.2) is 6.20 Å². The number of carbonyl (C=O) groups is 1. The van der Waals surface area contributed by atoms with Crippen LogP contribution >= 0.6 is 11.3 Å². The Morgan fingerprint density at radius 2 is 2.29 bits per heavy atom. The normalized spacial score (nSPS) is 12.5. The van der Waals surface area contributed by atoms with Crippen LogP contribution in [0.4, 0.5) is 9.93 Å². The second kappa shape index (κ2) is 6.56. The van der Waals surface area contributed by atoms with Crippen molar-refractivity contribution in [3.63, 3.8) is 0 Å². The van der Waals surface area contributed by atoms with Crippen molar-refractivity contribution in [2.24, 2.45) is 5.92 Å². The smallest absolute Gasteiger partial charge is 0.321 e. The van der Waals surface area contributed by atoms with Gasteiger partial charge in [-0.05, 0) is 19.3 Å². The molecule has 0 aliphatic carbocycles. The van der Waals surface area contributed by atoms with Gasteiger partial charge < -0.3 is 10.4 Å². The lowest BCUT2D eigenvalue weighted by Gasteiger charge is -2.17. The minimum absolute atomic E-state index is 0.0531. The average molecular weight is 257 g/mol. The van der Waals surface area contributed by atoms with E-state index < -0.39 is 0 Å². The number of aryl methyl sites for hydroxylation is 1. The van der Waals surface area contributed by atoms with Gasteiger partial charge in [-0.15, -0.1) is 11.3 Å². The molecule has 6 heteroatoms. The number of nitrogens with zero attached hydrogens (tertiary/aromatic N) is 1. The van der Waals surface area contributed by atoms with Crippen LogP contribution in [0.3, 0.4) is 0 Å². The Morgan fingerprint density at radius 1 is 1.59 bits per heavy atom. The maximum Gasteiger partial charge on any atom is 0.321 e. The predicted octanol–water partition coefficient (Wildman–Crippen LogP) is 1.98. The summed E-state index contributed by atoms with van der Waals surface area (Å²) in [6.45, 7) is 5.97. The molecule has 96 valence electrons. The number of rotatable bonds is 5. The van der Waals surface area contributed by atoms with Crippen molar-refractivity contribution in [3.8, 4) is 0 Å². The lowest BCUT2D eigenvalue weighted by Crippen LogP contribution is -2.40. The number of carbonyl (C=O) groups excluding carboxylic acids is 1. The summed E-state index contributed by atoms with van der Waals surface area (Å²) >= 11 is 1.42. The van der Waals surface area contributed by atoms with E-state index in [1.165, 1.54) is 11.3 Å². The zero-order valence-corrected chi connectivity index (χ0v) is 11.2. The molecule has 0 bridgehead atoms. The summed E-state index contributed by atoms with van der Waals surface area (Å²) in [6.07, 6.45) is 2.46. The fourth-order valence-electron chi connectivity index (χ4n) is 1.48. The fraction of sp³-hybridized carbons (Fsp3) is 0.636. The van der Waals surface area contributed by atoms with E-state index in [2.05, 4.69) is 15.6 Å². The van der Waals surface area contributed by atoms with Crippen molar-refractivity contribution in [2.45, 2.75) is 33.2 Å². The third-order valence-corrected chi connectivity index (χ3v) is 2.98. The van der Waals surface area contributed by atoms with Crippen LogP contribution < -0.4 is 10.6 Å².